The highest BCUT2D eigenvalue weighted by Crippen LogP contribution is 2.50. The molecule has 0 spiro atoms. The Labute approximate surface area is 86.3 Å². The maximum Gasteiger partial charge on any atom is 0.434 e. The Bertz CT molecular complexity index is 339. The van der Waals surface area contributed by atoms with Crippen LogP contribution in [0.15, 0.2) is 30.3 Å². The Morgan fingerprint density at radius 2 is 1.12 bits per heavy atom. The van der Waals surface area contributed by atoms with E-state index in [1.54, 1.807) is 0 Å². The number of hydrogen-bond acceptors (Lipinski definition) is 0. The molecule has 0 aliphatic carbocycles. The van der Waals surface area contributed by atoms with Crippen LogP contribution in [0, 0.1) is 0 Å². The summed E-state index contributed by atoms with van der Waals surface area (Å²) in [6, 6.07) is 4.12. The number of benzene rings is 1. The van der Waals surface area contributed by atoms with Gasteiger partial charge in [0.1, 0.15) is 0 Å². The van der Waals surface area contributed by atoms with E-state index < -0.39 is 23.5 Å². The lowest BCUT2D eigenvalue weighted by Crippen LogP contribution is -2.52. The maximum absolute atomic E-state index is 12.3. The molecular formula is C9H5F6O. The molecule has 0 atom stereocenters. The Kier molecular flexibility index (Phi) is 2.93. The lowest BCUT2D eigenvalue weighted by atomic mass is 9.92. The molecule has 0 aromatic heterocycles. The van der Waals surface area contributed by atoms with Crippen LogP contribution in [-0.2, 0) is 10.7 Å². The van der Waals surface area contributed by atoms with Gasteiger partial charge in [0.2, 0.25) is 0 Å². The predicted octanol–water partition coefficient (Wildman–Crippen LogP) is 3.44. The zero-order valence-electron chi connectivity index (χ0n) is 7.56. The van der Waals surface area contributed by atoms with Crippen LogP contribution < -0.4 is 0 Å². The lowest BCUT2D eigenvalue weighted by Gasteiger charge is -2.30. The van der Waals surface area contributed by atoms with Crippen molar-refractivity contribution in [3.8, 4) is 0 Å². The summed E-state index contributed by atoms with van der Waals surface area (Å²) >= 11 is 0. The first-order valence-corrected chi connectivity index (χ1v) is 4.00. The van der Waals surface area contributed by atoms with Crippen molar-refractivity contribution in [2.24, 2.45) is 0 Å². The van der Waals surface area contributed by atoms with Crippen molar-refractivity contribution < 1.29 is 31.4 Å². The highest BCUT2D eigenvalue weighted by atomic mass is 19.4. The Hall–Kier alpha value is -1.24. The van der Waals surface area contributed by atoms with Gasteiger partial charge in [0.05, 0.1) is 0 Å². The van der Waals surface area contributed by atoms with Gasteiger partial charge in [-0.25, -0.2) is 5.11 Å². The smallest absolute Gasteiger partial charge is 0.204 e. The van der Waals surface area contributed by atoms with E-state index in [1.165, 1.54) is 6.07 Å². The van der Waals surface area contributed by atoms with Crippen molar-refractivity contribution >= 4 is 0 Å². The Morgan fingerprint density at radius 3 is 1.44 bits per heavy atom. The molecule has 89 valence electrons. The molecule has 0 bridgehead atoms. The predicted molar refractivity (Wildman–Crippen MR) is 40.9 cm³/mol. The minimum atomic E-state index is -5.94. The summed E-state index contributed by atoms with van der Waals surface area (Å²) in [5.74, 6) is 0. The Morgan fingerprint density at radius 1 is 0.750 bits per heavy atom. The molecule has 0 N–H and O–H groups in total. The summed E-state index contributed by atoms with van der Waals surface area (Å²) in [6.45, 7) is 0. The van der Waals surface area contributed by atoms with Crippen LogP contribution in [0.2, 0.25) is 0 Å². The molecule has 0 unspecified atom stereocenters. The third-order valence-corrected chi connectivity index (χ3v) is 1.98. The van der Waals surface area contributed by atoms with Gasteiger partial charge in [-0.15, -0.1) is 0 Å². The second-order valence-corrected chi connectivity index (χ2v) is 3.04. The second kappa shape index (κ2) is 3.65. The van der Waals surface area contributed by atoms with E-state index in [9.17, 15) is 31.4 Å². The highest BCUT2D eigenvalue weighted by Gasteiger charge is 2.73. The van der Waals surface area contributed by atoms with Crippen LogP contribution in [0.5, 0.6) is 0 Å². The monoisotopic (exact) mass is 243 g/mol. The fourth-order valence-electron chi connectivity index (χ4n) is 1.16. The number of hydrogen-bond donors (Lipinski definition) is 0. The minimum Gasteiger partial charge on any atom is -0.204 e. The fourth-order valence-corrected chi connectivity index (χ4v) is 1.16. The van der Waals surface area contributed by atoms with Gasteiger partial charge in [-0.1, -0.05) is 30.3 Å². The normalized spacial score (nSPS) is 13.9. The molecule has 0 aliphatic heterocycles. The van der Waals surface area contributed by atoms with Gasteiger partial charge in [-0.3, -0.25) is 0 Å². The second-order valence-electron chi connectivity index (χ2n) is 3.04. The zero-order chi connectivity index (χ0) is 12.6. The van der Waals surface area contributed by atoms with Crippen molar-refractivity contribution in [1.82, 2.24) is 0 Å². The molecule has 0 amide bonds. The lowest BCUT2D eigenvalue weighted by molar-refractivity contribution is -0.395. The van der Waals surface area contributed by atoms with E-state index in [1.807, 2.05) is 0 Å². The van der Waals surface area contributed by atoms with Gasteiger partial charge in [0.25, 0.3) is 0 Å². The summed E-state index contributed by atoms with van der Waals surface area (Å²) in [5.41, 5.74) is -6.45. The first kappa shape index (κ1) is 12.8. The number of halogens is 6. The molecule has 0 aliphatic rings. The molecule has 1 aromatic rings. The molecule has 1 radical (unpaired) electrons. The summed E-state index contributed by atoms with van der Waals surface area (Å²) in [6.07, 6.45) is -11.9. The number of alkyl halides is 6. The van der Waals surface area contributed by atoms with Crippen LogP contribution in [0.4, 0.5) is 26.3 Å². The van der Waals surface area contributed by atoms with Crippen molar-refractivity contribution in [2.45, 2.75) is 18.0 Å². The minimum absolute atomic E-state index is 0.508. The van der Waals surface area contributed by atoms with E-state index in [0.29, 0.717) is 12.1 Å². The average Bonchev–Trinajstić information content (AvgIpc) is 2.14. The molecule has 0 heterocycles. The van der Waals surface area contributed by atoms with E-state index in [0.717, 1.165) is 12.1 Å². The third-order valence-electron chi connectivity index (χ3n) is 1.98. The van der Waals surface area contributed by atoms with Crippen molar-refractivity contribution in [3.63, 3.8) is 0 Å². The summed E-state index contributed by atoms with van der Waals surface area (Å²) in [5, 5.41) is 11.1. The molecule has 1 nitrogen and oxygen atoms in total. The van der Waals surface area contributed by atoms with E-state index in [-0.39, 0.29) is 0 Å². The topological polar surface area (TPSA) is 19.9 Å². The summed E-state index contributed by atoms with van der Waals surface area (Å²) < 4.78 is 73.5. The van der Waals surface area contributed by atoms with Gasteiger partial charge in [-0.05, 0) is 0 Å². The van der Waals surface area contributed by atoms with E-state index in [4.69, 9.17) is 0 Å². The molecule has 1 rings (SSSR count). The molecule has 16 heavy (non-hydrogen) atoms. The van der Waals surface area contributed by atoms with E-state index in [2.05, 4.69) is 0 Å². The van der Waals surface area contributed by atoms with Gasteiger partial charge >= 0.3 is 18.0 Å². The molecular weight excluding hydrogens is 238 g/mol. The van der Waals surface area contributed by atoms with Crippen LogP contribution in [0.1, 0.15) is 5.56 Å². The third kappa shape index (κ3) is 1.87. The first-order chi connectivity index (χ1) is 7.11. The maximum atomic E-state index is 12.3. The highest BCUT2D eigenvalue weighted by molar-refractivity contribution is 5.26. The van der Waals surface area contributed by atoms with Crippen molar-refractivity contribution in [2.75, 3.05) is 0 Å². The quantitative estimate of drug-likeness (QED) is 0.673. The van der Waals surface area contributed by atoms with Crippen LogP contribution in [-0.4, -0.2) is 12.4 Å². The summed E-state index contributed by atoms with van der Waals surface area (Å²) in [7, 11) is 0. The van der Waals surface area contributed by atoms with Crippen LogP contribution in [0.3, 0.4) is 0 Å². The van der Waals surface area contributed by atoms with E-state index >= 15 is 0 Å². The number of rotatable bonds is 1. The molecule has 0 fully saturated rings. The zero-order valence-corrected chi connectivity index (χ0v) is 7.56. The standard InChI is InChI=1S/C9H5F6O/c10-8(11,12)7(16,9(13,14)15)6-4-2-1-3-5-6/h1-5H. The molecule has 0 saturated carbocycles. The van der Waals surface area contributed by atoms with Crippen molar-refractivity contribution in [1.29, 1.82) is 0 Å². The fraction of sp³-hybridized carbons (Fsp3) is 0.333. The van der Waals surface area contributed by atoms with Gasteiger partial charge in [-0.2, -0.15) is 26.3 Å². The van der Waals surface area contributed by atoms with Crippen LogP contribution in [0.25, 0.3) is 0 Å². The van der Waals surface area contributed by atoms with Crippen molar-refractivity contribution in [3.05, 3.63) is 35.9 Å². The largest absolute Gasteiger partial charge is 0.434 e. The first-order valence-electron chi connectivity index (χ1n) is 4.00. The SMILES string of the molecule is [O]C(c1ccccc1)(C(F)(F)F)C(F)(F)F. The Balaban J connectivity index is 3.39. The summed E-state index contributed by atoms with van der Waals surface area (Å²) in [4.78, 5) is 0. The van der Waals surface area contributed by atoms with Gasteiger partial charge in [0.15, 0.2) is 0 Å². The van der Waals surface area contributed by atoms with Gasteiger partial charge in [0, 0.05) is 5.56 Å². The average molecular weight is 243 g/mol. The molecule has 1 aromatic carbocycles. The molecule has 7 heteroatoms. The molecule has 0 saturated heterocycles. The van der Waals surface area contributed by atoms with Crippen LogP contribution >= 0.6 is 0 Å². The van der Waals surface area contributed by atoms with Gasteiger partial charge < -0.3 is 0 Å².